The zero-order valence-corrected chi connectivity index (χ0v) is 13.3. The molecule has 0 unspecified atom stereocenters. The first-order valence-corrected chi connectivity index (χ1v) is 7.66. The molecule has 2 aromatic heterocycles. The summed E-state index contributed by atoms with van der Waals surface area (Å²) in [5.74, 6) is -1.31. The van der Waals surface area contributed by atoms with Gasteiger partial charge in [0.25, 0.3) is 5.91 Å². The minimum atomic E-state index is -0.722. The predicted octanol–water partition coefficient (Wildman–Crippen LogP) is 2.02. The smallest absolute Gasteiger partial charge is 0.433 e. The maximum atomic E-state index is 12.0. The van der Waals surface area contributed by atoms with E-state index in [1.165, 1.54) is 24.5 Å². The van der Waals surface area contributed by atoms with E-state index in [2.05, 4.69) is 15.0 Å². The number of aromatic nitrogens is 1. The number of ether oxygens (including phenoxy) is 1. The summed E-state index contributed by atoms with van der Waals surface area (Å²) < 4.78 is 9.53. The number of hydrogen-bond donors (Lipinski definition) is 1. The molecule has 0 saturated carbocycles. The van der Waals surface area contributed by atoms with Gasteiger partial charge >= 0.3 is 12.0 Å². The summed E-state index contributed by atoms with van der Waals surface area (Å²) in [5, 5.41) is 13.5. The molecule has 1 aliphatic rings. The second kappa shape index (κ2) is 6.28. The first-order chi connectivity index (χ1) is 11.5. The quantitative estimate of drug-likeness (QED) is 0.661. The van der Waals surface area contributed by atoms with Crippen LogP contribution in [0, 0.1) is 10.1 Å². The van der Waals surface area contributed by atoms with Gasteiger partial charge in [-0.15, -0.1) is 0 Å². The van der Waals surface area contributed by atoms with Crippen LogP contribution in [-0.2, 0) is 17.7 Å². The Labute approximate surface area is 139 Å². The van der Waals surface area contributed by atoms with Gasteiger partial charge in [-0.25, -0.2) is 9.78 Å². The number of nitrogens with zero attached hydrogens (tertiary/aromatic N) is 3. The largest absolute Gasteiger partial charge is 0.453 e. The van der Waals surface area contributed by atoms with E-state index in [1.807, 2.05) is 0 Å². The summed E-state index contributed by atoms with van der Waals surface area (Å²) in [7, 11) is 1.32. The number of carbonyl (C=O) groups is 2. The van der Waals surface area contributed by atoms with Gasteiger partial charge in [0, 0.05) is 17.8 Å². The van der Waals surface area contributed by atoms with E-state index in [0.717, 1.165) is 16.6 Å². The van der Waals surface area contributed by atoms with Crippen LogP contribution in [0.1, 0.15) is 21.1 Å². The molecule has 0 aromatic carbocycles. The number of methoxy groups -OCH3 is 1. The lowest BCUT2D eigenvalue weighted by Crippen LogP contribution is -2.35. The SMILES string of the molecule is COC(=O)N1CCc2nc(NC(=O)c3ccc([N+](=O)[O-])o3)sc2C1. The number of fused-ring (bicyclic) bond motifs is 1. The Hall–Kier alpha value is -2.95. The summed E-state index contributed by atoms with van der Waals surface area (Å²) in [5.41, 5.74) is 0.806. The molecular weight excluding hydrogens is 340 g/mol. The van der Waals surface area contributed by atoms with Crippen molar-refractivity contribution in [3.05, 3.63) is 38.6 Å². The topological polar surface area (TPSA) is 128 Å². The summed E-state index contributed by atoms with van der Waals surface area (Å²) in [6, 6.07) is 2.33. The fourth-order valence-corrected chi connectivity index (χ4v) is 3.26. The highest BCUT2D eigenvalue weighted by atomic mass is 32.1. The molecule has 0 fully saturated rings. The molecule has 2 amide bonds. The number of thiazole rings is 1. The highest BCUT2D eigenvalue weighted by Gasteiger charge is 2.25. The third-order valence-electron chi connectivity index (χ3n) is 3.38. The molecule has 0 bridgehead atoms. The van der Waals surface area contributed by atoms with E-state index in [1.54, 1.807) is 4.90 Å². The van der Waals surface area contributed by atoms with E-state index in [0.29, 0.717) is 24.6 Å². The van der Waals surface area contributed by atoms with Crippen LogP contribution in [-0.4, -0.2) is 40.5 Å². The van der Waals surface area contributed by atoms with E-state index in [4.69, 9.17) is 4.42 Å². The predicted molar refractivity (Wildman–Crippen MR) is 81.9 cm³/mol. The van der Waals surface area contributed by atoms with Crippen molar-refractivity contribution < 1.29 is 23.7 Å². The molecule has 2 aromatic rings. The summed E-state index contributed by atoms with van der Waals surface area (Å²) in [6.07, 6.45) is 0.144. The van der Waals surface area contributed by atoms with Crippen LogP contribution in [0.4, 0.5) is 15.8 Å². The van der Waals surface area contributed by atoms with Crippen LogP contribution < -0.4 is 5.32 Å². The van der Waals surface area contributed by atoms with Crippen LogP contribution in [0.15, 0.2) is 16.5 Å². The van der Waals surface area contributed by atoms with Gasteiger partial charge in [-0.3, -0.25) is 20.2 Å². The Morgan fingerprint density at radius 3 is 2.96 bits per heavy atom. The van der Waals surface area contributed by atoms with Gasteiger partial charge in [0.15, 0.2) is 10.9 Å². The second-order valence-electron chi connectivity index (χ2n) is 4.88. The summed E-state index contributed by atoms with van der Waals surface area (Å²) in [4.78, 5) is 40.1. The number of hydrogen-bond acceptors (Lipinski definition) is 8. The zero-order chi connectivity index (χ0) is 17.3. The number of rotatable bonds is 3. The Morgan fingerprint density at radius 2 is 2.29 bits per heavy atom. The van der Waals surface area contributed by atoms with E-state index >= 15 is 0 Å². The zero-order valence-electron chi connectivity index (χ0n) is 12.5. The third-order valence-corrected chi connectivity index (χ3v) is 4.38. The Bertz CT molecular complexity index is 813. The van der Waals surface area contributed by atoms with Gasteiger partial charge in [0.2, 0.25) is 0 Å². The third kappa shape index (κ3) is 3.06. The molecule has 24 heavy (non-hydrogen) atoms. The van der Waals surface area contributed by atoms with Crippen molar-refractivity contribution in [2.75, 3.05) is 19.0 Å². The number of furan rings is 1. The molecule has 3 heterocycles. The van der Waals surface area contributed by atoms with Crippen molar-refractivity contribution >= 4 is 34.4 Å². The molecular formula is C13H12N4O6S. The van der Waals surface area contributed by atoms with Crippen molar-refractivity contribution in [2.24, 2.45) is 0 Å². The molecule has 126 valence electrons. The maximum absolute atomic E-state index is 12.0. The van der Waals surface area contributed by atoms with Crippen molar-refractivity contribution in [1.29, 1.82) is 0 Å². The fourth-order valence-electron chi connectivity index (χ4n) is 2.24. The van der Waals surface area contributed by atoms with Crippen LogP contribution in [0.2, 0.25) is 0 Å². The fraction of sp³-hybridized carbons (Fsp3) is 0.308. The van der Waals surface area contributed by atoms with Gasteiger partial charge in [-0.05, 0) is 6.07 Å². The lowest BCUT2D eigenvalue weighted by Gasteiger charge is -2.24. The molecule has 11 heteroatoms. The molecule has 0 radical (unpaired) electrons. The standard InChI is InChI=1S/C13H12N4O6S/c1-22-13(19)16-5-4-7-9(6-16)24-12(14-7)15-11(18)8-2-3-10(23-8)17(20)21/h2-3H,4-6H2,1H3,(H,14,15,18). The van der Waals surface area contributed by atoms with E-state index in [-0.39, 0.29) is 5.76 Å². The van der Waals surface area contributed by atoms with Crippen molar-refractivity contribution in [2.45, 2.75) is 13.0 Å². The maximum Gasteiger partial charge on any atom is 0.433 e. The highest BCUT2D eigenvalue weighted by molar-refractivity contribution is 7.15. The van der Waals surface area contributed by atoms with Gasteiger partial charge in [-0.1, -0.05) is 11.3 Å². The van der Waals surface area contributed by atoms with Crippen LogP contribution in [0.3, 0.4) is 0 Å². The lowest BCUT2D eigenvalue weighted by molar-refractivity contribution is -0.402. The Kier molecular flexibility index (Phi) is 4.16. The molecule has 1 aliphatic heterocycles. The van der Waals surface area contributed by atoms with E-state index in [9.17, 15) is 19.7 Å². The normalized spacial score (nSPS) is 13.3. The second-order valence-corrected chi connectivity index (χ2v) is 5.96. The molecule has 0 saturated heterocycles. The lowest BCUT2D eigenvalue weighted by atomic mass is 10.2. The average Bonchev–Trinajstić information content (AvgIpc) is 3.19. The van der Waals surface area contributed by atoms with Crippen LogP contribution in [0.5, 0.6) is 0 Å². The highest BCUT2D eigenvalue weighted by Crippen LogP contribution is 2.29. The molecule has 0 spiro atoms. The van der Waals surface area contributed by atoms with Gasteiger partial charge < -0.3 is 14.1 Å². The van der Waals surface area contributed by atoms with Crippen LogP contribution in [0.25, 0.3) is 0 Å². The number of nitro groups is 1. The van der Waals surface area contributed by atoms with Crippen molar-refractivity contribution in [3.63, 3.8) is 0 Å². The Morgan fingerprint density at radius 1 is 1.50 bits per heavy atom. The molecule has 3 rings (SSSR count). The monoisotopic (exact) mass is 352 g/mol. The molecule has 0 atom stereocenters. The van der Waals surface area contributed by atoms with Crippen molar-refractivity contribution in [3.8, 4) is 0 Å². The average molecular weight is 352 g/mol. The van der Waals surface area contributed by atoms with Crippen molar-refractivity contribution in [1.82, 2.24) is 9.88 Å². The first-order valence-electron chi connectivity index (χ1n) is 6.85. The minimum Gasteiger partial charge on any atom is -0.453 e. The molecule has 0 aliphatic carbocycles. The van der Waals surface area contributed by atoms with Gasteiger partial charge in [0.1, 0.15) is 4.92 Å². The van der Waals surface area contributed by atoms with Gasteiger partial charge in [-0.2, -0.15) is 0 Å². The first kappa shape index (κ1) is 15.9. The Balaban J connectivity index is 1.71. The minimum absolute atomic E-state index is 0.175. The number of nitrogens with one attached hydrogen (secondary N) is 1. The summed E-state index contributed by atoms with van der Waals surface area (Å²) >= 11 is 1.24. The van der Waals surface area contributed by atoms with Crippen LogP contribution >= 0.6 is 11.3 Å². The van der Waals surface area contributed by atoms with E-state index < -0.39 is 22.8 Å². The number of carbonyl (C=O) groups excluding carboxylic acids is 2. The number of anilines is 1. The molecule has 10 nitrogen and oxygen atoms in total. The summed E-state index contributed by atoms with van der Waals surface area (Å²) in [6.45, 7) is 0.850. The number of amides is 2. The molecule has 1 N–H and O–H groups in total. The van der Waals surface area contributed by atoms with Gasteiger partial charge in [0.05, 0.1) is 25.4 Å².